The van der Waals surface area contributed by atoms with Gasteiger partial charge in [0.1, 0.15) is 6.29 Å². The van der Waals surface area contributed by atoms with Gasteiger partial charge in [0, 0.05) is 19.0 Å². The minimum atomic E-state index is -0.784. The molecule has 3 aliphatic rings. The Morgan fingerprint density at radius 1 is 1.23 bits per heavy atom. The molecule has 4 rings (SSSR count). The number of nitrogens with zero attached hydrogens (tertiary/aromatic N) is 1. The third-order valence-electron chi connectivity index (χ3n) is 6.34. The maximum atomic E-state index is 13.0. The van der Waals surface area contributed by atoms with Gasteiger partial charge in [-0.25, -0.2) is 0 Å². The summed E-state index contributed by atoms with van der Waals surface area (Å²) in [6.07, 6.45) is 2.31. The molecule has 0 saturated carbocycles. The predicted octanol–water partition coefficient (Wildman–Crippen LogP) is 1.54. The molecule has 3 heterocycles. The van der Waals surface area contributed by atoms with Crippen molar-refractivity contribution in [2.45, 2.75) is 58.0 Å². The minimum absolute atomic E-state index is 0.0453. The molecule has 5 atom stereocenters. The first-order chi connectivity index (χ1) is 14.3. The van der Waals surface area contributed by atoms with Crippen molar-refractivity contribution in [1.82, 2.24) is 20.9 Å². The summed E-state index contributed by atoms with van der Waals surface area (Å²) in [5.74, 6) is -2.33. The number of fused-ring (bicyclic) bond motifs is 1. The van der Waals surface area contributed by atoms with Crippen molar-refractivity contribution in [2.24, 2.45) is 11.8 Å². The molecule has 0 radical (unpaired) electrons. The summed E-state index contributed by atoms with van der Waals surface area (Å²) in [5.41, 5.74) is 1.45. The number of halogens is 1. The van der Waals surface area contributed by atoms with Crippen molar-refractivity contribution in [3.05, 3.63) is 28.8 Å². The summed E-state index contributed by atoms with van der Waals surface area (Å²) >= 11 is 6.23. The van der Waals surface area contributed by atoms with Crippen LogP contribution in [-0.2, 0) is 14.4 Å². The Morgan fingerprint density at radius 3 is 2.77 bits per heavy atom. The van der Waals surface area contributed by atoms with E-state index in [-0.39, 0.29) is 30.4 Å². The molecule has 0 spiro atoms. The summed E-state index contributed by atoms with van der Waals surface area (Å²) in [5, 5.41) is 12.4. The number of nitrogens with one attached hydrogen (secondary N) is 4. The van der Waals surface area contributed by atoms with Gasteiger partial charge in [-0.05, 0) is 44.4 Å². The summed E-state index contributed by atoms with van der Waals surface area (Å²) < 4.78 is 0. The van der Waals surface area contributed by atoms with E-state index in [1.54, 1.807) is 12.1 Å². The number of rotatable bonds is 3. The molecule has 0 aliphatic carbocycles. The Kier molecular flexibility index (Phi) is 5.99. The van der Waals surface area contributed by atoms with Crippen LogP contribution >= 0.6 is 11.6 Å². The van der Waals surface area contributed by atoms with E-state index in [1.807, 2.05) is 13.0 Å². The topological polar surface area (TPSA) is 103 Å². The number of carbonyl (C=O) groups is 3. The monoisotopic (exact) mass is 433 g/mol. The lowest BCUT2D eigenvalue weighted by Gasteiger charge is -2.48. The van der Waals surface area contributed by atoms with Gasteiger partial charge in [0.2, 0.25) is 17.7 Å². The molecule has 1 aromatic carbocycles. The Balaban J connectivity index is 1.51. The van der Waals surface area contributed by atoms with E-state index in [2.05, 4.69) is 33.1 Å². The van der Waals surface area contributed by atoms with E-state index in [9.17, 15) is 14.4 Å². The van der Waals surface area contributed by atoms with Crippen LogP contribution in [0.4, 0.5) is 5.69 Å². The van der Waals surface area contributed by atoms with E-state index >= 15 is 0 Å². The first kappa shape index (κ1) is 21.1. The Hall–Kier alpha value is -2.16. The number of anilines is 1. The fraction of sp³-hybridized carbons (Fsp3) is 0.571. The molecule has 1 aromatic rings. The largest absolute Gasteiger partial charge is 0.340 e. The molecule has 3 saturated heterocycles. The van der Waals surface area contributed by atoms with E-state index in [1.165, 1.54) is 6.42 Å². The third kappa shape index (κ3) is 4.17. The van der Waals surface area contributed by atoms with Crippen LogP contribution < -0.4 is 21.3 Å². The van der Waals surface area contributed by atoms with E-state index < -0.39 is 18.0 Å². The molecule has 162 valence electrons. The molecule has 5 unspecified atom stereocenters. The van der Waals surface area contributed by atoms with Crippen LogP contribution in [0.3, 0.4) is 0 Å². The molecule has 0 bridgehead atoms. The number of carbonyl (C=O) groups excluding carboxylic acids is 3. The summed E-state index contributed by atoms with van der Waals surface area (Å²) in [6.45, 7) is 4.92. The number of hydrogen-bond donors (Lipinski definition) is 4. The standard InChI is InChI=1S/C21H28ClN5O3/c1-11-6-7-15(14(22)9-11)23-19(29)13-10-16(28)24-18-17(13)20(30)26-21(25-18)27-8-4-3-5-12(27)2/h6-7,9,12-13,17-18,21,25H,3-5,8,10H2,1-2H3,(H,23,29)(H,24,28)(H,26,30). The van der Waals surface area contributed by atoms with Gasteiger partial charge in [-0.3, -0.25) is 24.6 Å². The zero-order valence-electron chi connectivity index (χ0n) is 17.2. The van der Waals surface area contributed by atoms with Gasteiger partial charge >= 0.3 is 0 Å². The minimum Gasteiger partial charge on any atom is -0.340 e. The first-order valence-corrected chi connectivity index (χ1v) is 10.9. The number of piperidine rings is 2. The molecule has 4 N–H and O–H groups in total. The number of hydrogen-bond acceptors (Lipinski definition) is 5. The lowest BCUT2D eigenvalue weighted by Crippen LogP contribution is -2.75. The molecule has 3 amide bonds. The average molecular weight is 434 g/mol. The van der Waals surface area contributed by atoms with Crippen LogP contribution in [0.5, 0.6) is 0 Å². The average Bonchev–Trinajstić information content (AvgIpc) is 2.69. The maximum absolute atomic E-state index is 13.0. The smallest absolute Gasteiger partial charge is 0.229 e. The lowest BCUT2D eigenvalue weighted by atomic mass is 9.81. The summed E-state index contributed by atoms with van der Waals surface area (Å²) in [4.78, 5) is 40.6. The molecular formula is C21H28ClN5O3. The van der Waals surface area contributed by atoms with Crippen molar-refractivity contribution in [3.63, 3.8) is 0 Å². The highest BCUT2D eigenvalue weighted by molar-refractivity contribution is 6.33. The molecule has 30 heavy (non-hydrogen) atoms. The van der Waals surface area contributed by atoms with Crippen LogP contribution in [0.1, 0.15) is 38.2 Å². The molecule has 9 heteroatoms. The van der Waals surface area contributed by atoms with Crippen LogP contribution in [-0.4, -0.2) is 47.7 Å². The molecule has 3 aliphatic heterocycles. The van der Waals surface area contributed by atoms with Gasteiger partial charge in [0.05, 0.1) is 28.7 Å². The van der Waals surface area contributed by atoms with Crippen molar-refractivity contribution >= 4 is 35.0 Å². The van der Waals surface area contributed by atoms with Crippen molar-refractivity contribution < 1.29 is 14.4 Å². The number of amides is 3. The second-order valence-corrected chi connectivity index (χ2v) is 8.92. The molecule has 3 fully saturated rings. The predicted molar refractivity (Wildman–Crippen MR) is 113 cm³/mol. The van der Waals surface area contributed by atoms with Gasteiger partial charge in [0.15, 0.2) is 0 Å². The van der Waals surface area contributed by atoms with Crippen molar-refractivity contribution in [2.75, 3.05) is 11.9 Å². The number of likely N-dealkylation sites (tertiary alicyclic amines) is 1. The maximum Gasteiger partial charge on any atom is 0.229 e. The van der Waals surface area contributed by atoms with E-state index in [0.29, 0.717) is 16.8 Å². The first-order valence-electron chi connectivity index (χ1n) is 10.5. The summed E-state index contributed by atoms with van der Waals surface area (Å²) in [6, 6.07) is 5.66. The normalized spacial score (nSPS) is 32.0. The molecular weight excluding hydrogens is 406 g/mol. The van der Waals surface area contributed by atoms with E-state index in [0.717, 1.165) is 24.9 Å². The van der Waals surface area contributed by atoms with Crippen LogP contribution in [0.15, 0.2) is 18.2 Å². The SMILES string of the molecule is Cc1ccc(NC(=O)C2CC(=O)NC3NC(N4CCCCC4C)NC(=O)C32)c(Cl)c1. The Labute approximate surface area is 181 Å². The zero-order chi connectivity index (χ0) is 21.4. The van der Waals surface area contributed by atoms with E-state index in [4.69, 9.17) is 11.6 Å². The van der Waals surface area contributed by atoms with Gasteiger partial charge in [0.25, 0.3) is 0 Å². The highest BCUT2D eigenvalue weighted by atomic mass is 35.5. The highest BCUT2D eigenvalue weighted by Gasteiger charge is 2.49. The highest BCUT2D eigenvalue weighted by Crippen LogP contribution is 2.30. The van der Waals surface area contributed by atoms with Crippen LogP contribution in [0.25, 0.3) is 0 Å². The fourth-order valence-electron chi connectivity index (χ4n) is 4.69. The summed E-state index contributed by atoms with van der Waals surface area (Å²) in [7, 11) is 0. The second-order valence-electron chi connectivity index (χ2n) is 8.51. The number of aryl methyl sites for hydroxylation is 1. The quantitative estimate of drug-likeness (QED) is 0.579. The number of benzene rings is 1. The van der Waals surface area contributed by atoms with Gasteiger partial charge in [-0.15, -0.1) is 0 Å². The third-order valence-corrected chi connectivity index (χ3v) is 6.65. The van der Waals surface area contributed by atoms with Gasteiger partial charge in [-0.1, -0.05) is 24.1 Å². The Bertz CT molecular complexity index is 863. The Morgan fingerprint density at radius 2 is 2.03 bits per heavy atom. The van der Waals surface area contributed by atoms with Gasteiger partial charge in [-0.2, -0.15) is 0 Å². The second kappa shape index (κ2) is 8.53. The molecule has 0 aromatic heterocycles. The molecule has 8 nitrogen and oxygen atoms in total. The van der Waals surface area contributed by atoms with Gasteiger partial charge < -0.3 is 16.0 Å². The van der Waals surface area contributed by atoms with Crippen molar-refractivity contribution in [1.29, 1.82) is 0 Å². The lowest BCUT2D eigenvalue weighted by molar-refractivity contribution is -0.148. The van der Waals surface area contributed by atoms with Crippen LogP contribution in [0.2, 0.25) is 5.02 Å². The van der Waals surface area contributed by atoms with Crippen LogP contribution in [0, 0.1) is 18.8 Å². The zero-order valence-corrected chi connectivity index (χ0v) is 18.0. The van der Waals surface area contributed by atoms with Crippen molar-refractivity contribution in [3.8, 4) is 0 Å². The fourth-order valence-corrected chi connectivity index (χ4v) is 4.97.